The SMILES string of the molecule is CC[C@@H](C)[C@@H](OC(=O)[C@H](Cc1ccc(OC)cc1)N(C)C)C(=O)N[C@@H](C(=O)N(C)[C@H](Cc1ccc(O)cc1)C(=O)N(C)[C@H](CCc1ccc(O)cc1)C(=O)OC)C(C)C. The van der Waals surface area contributed by atoms with Crippen LogP contribution in [0.25, 0.3) is 0 Å². The molecule has 0 spiro atoms. The van der Waals surface area contributed by atoms with Gasteiger partial charge in [-0.15, -0.1) is 0 Å². The van der Waals surface area contributed by atoms with Crippen molar-refractivity contribution in [2.45, 2.75) is 90.1 Å². The molecule has 0 saturated heterocycles. The van der Waals surface area contributed by atoms with E-state index in [4.69, 9.17) is 14.2 Å². The van der Waals surface area contributed by atoms with Crippen LogP contribution in [0, 0.1) is 11.8 Å². The number of amides is 3. The maximum Gasteiger partial charge on any atom is 0.328 e. The van der Waals surface area contributed by atoms with Gasteiger partial charge in [0.2, 0.25) is 11.8 Å². The lowest BCUT2D eigenvalue weighted by atomic mass is 9.96. The molecule has 0 aliphatic heterocycles. The van der Waals surface area contributed by atoms with E-state index >= 15 is 0 Å². The molecule has 0 unspecified atom stereocenters. The second-order valence-electron chi connectivity index (χ2n) is 15.5. The first kappa shape index (κ1) is 47.7. The second kappa shape index (κ2) is 22.5. The van der Waals surface area contributed by atoms with E-state index in [-0.39, 0.29) is 24.3 Å². The number of benzene rings is 3. The van der Waals surface area contributed by atoms with E-state index in [1.807, 2.05) is 19.1 Å². The number of hydrogen-bond acceptors (Lipinski definition) is 11. The lowest BCUT2D eigenvalue weighted by molar-refractivity contribution is -0.164. The number of aromatic hydroxyl groups is 2. The molecule has 3 rings (SSSR count). The van der Waals surface area contributed by atoms with Crippen LogP contribution in [-0.2, 0) is 52.7 Å². The average molecular weight is 819 g/mol. The number of esters is 2. The van der Waals surface area contributed by atoms with E-state index in [0.29, 0.717) is 30.6 Å². The molecule has 3 aromatic carbocycles. The summed E-state index contributed by atoms with van der Waals surface area (Å²) in [4.78, 5) is 74.3. The quantitative estimate of drug-likeness (QED) is 0.130. The molecule has 59 heavy (non-hydrogen) atoms. The molecule has 0 aliphatic carbocycles. The van der Waals surface area contributed by atoms with Crippen LogP contribution in [0.5, 0.6) is 17.2 Å². The fourth-order valence-electron chi connectivity index (χ4n) is 6.63. The van der Waals surface area contributed by atoms with Gasteiger partial charge in [-0.3, -0.25) is 24.1 Å². The first-order valence-corrected chi connectivity index (χ1v) is 19.9. The average Bonchev–Trinajstić information content (AvgIpc) is 3.22. The molecule has 3 N–H and O–H groups in total. The van der Waals surface area contributed by atoms with Crippen molar-refractivity contribution in [2.75, 3.05) is 42.4 Å². The number of hydrogen-bond donors (Lipinski definition) is 3. The van der Waals surface area contributed by atoms with Crippen molar-refractivity contribution >= 4 is 29.7 Å². The molecule has 0 bridgehead atoms. The van der Waals surface area contributed by atoms with E-state index in [9.17, 15) is 34.2 Å². The highest BCUT2D eigenvalue weighted by Crippen LogP contribution is 2.22. The Morgan fingerprint density at radius 3 is 1.63 bits per heavy atom. The number of phenolic OH excluding ortho intramolecular Hbond substituents is 2. The molecule has 0 saturated carbocycles. The van der Waals surface area contributed by atoms with Gasteiger partial charge >= 0.3 is 11.9 Å². The number of carbonyl (C=O) groups excluding carboxylic acids is 5. The summed E-state index contributed by atoms with van der Waals surface area (Å²) in [5.41, 5.74) is 2.33. The number of methoxy groups -OCH3 is 2. The fourth-order valence-corrected chi connectivity index (χ4v) is 6.63. The van der Waals surface area contributed by atoms with Gasteiger partial charge in [-0.2, -0.15) is 0 Å². The molecule has 6 atom stereocenters. The highest BCUT2D eigenvalue weighted by molar-refractivity contribution is 5.95. The number of rotatable bonds is 21. The molecule has 14 nitrogen and oxygen atoms in total. The molecule has 322 valence electrons. The zero-order valence-electron chi connectivity index (χ0n) is 36.0. The third-order valence-electron chi connectivity index (χ3n) is 10.8. The Kier molecular flexibility index (Phi) is 18.2. The lowest BCUT2D eigenvalue weighted by Gasteiger charge is -2.36. The number of carbonyl (C=O) groups is 5. The van der Waals surface area contributed by atoms with Crippen molar-refractivity contribution in [3.8, 4) is 17.2 Å². The van der Waals surface area contributed by atoms with Gasteiger partial charge in [0.15, 0.2) is 6.10 Å². The second-order valence-corrected chi connectivity index (χ2v) is 15.5. The third kappa shape index (κ3) is 13.5. The molecule has 0 aromatic heterocycles. The van der Waals surface area contributed by atoms with E-state index in [0.717, 1.165) is 11.1 Å². The number of phenols is 2. The van der Waals surface area contributed by atoms with Gasteiger partial charge in [0.25, 0.3) is 5.91 Å². The summed E-state index contributed by atoms with van der Waals surface area (Å²) in [6.45, 7) is 7.20. The minimum Gasteiger partial charge on any atom is -0.508 e. The standard InChI is InChI=1S/C45H62N4O10/c1-11-29(4)40(59-45(56)38(47(5)6)27-32-16-23-35(57-9)24-17-32)41(52)46-39(28(2)3)43(54)49(8)37(26-31-14-21-34(51)22-15-31)42(53)48(7)36(44(55)58-10)25-18-30-12-19-33(50)20-13-30/h12-17,19-24,28-29,36-40,50-51H,11,18,25-27H2,1-10H3,(H,46,52)/t29-,36-,37-,38+,39-,40-/m1/s1. The fraction of sp³-hybridized carbons (Fsp3) is 0.489. The zero-order valence-corrected chi connectivity index (χ0v) is 36.0. The molecular weight excluding hydrogens is 757 g/mol. The Morgan fingerprint density at radius 1 is 0.661 bits per heavy atom. The predicted octanol–water partition coefficient (Wildman–Crippen LogP) is 4.38. The van der Waals surface area contributed by atoms with Gasteiger partial charge in [-0.1, -0.05) is 64.1 Å². The molecule has 0 heterocycles. The van der Waals surface area contributed by atoms with Crippen LogP contribution in [0.15, 0.2) is 72.8 Å². The number of ether oxygens (including phenoxy) is 3. The Labute approximate surface area is 348 Å². The summed E-state index contributed by atoms with van der Waals surface area (Å²) < 4.78 is 16.3. The van der Waals surface area contributed by atoms with Gasteiger partial charge in [0.1, 0.15) is 41.4 Å². The molecule has 14 heteroatoms. The summed E-state index contributed by atoms with van der Waals surface area (Å²) in [6, 6.07) is 16.1. The predicted molar refractivity (Wildman–Crippen MR) is 224 cm³/mol. The van der Waals surface area contributed by atoms with E-state index < -0.39 is 71.8 Å². The highest BCUT2D eigenvalue weighted by Gasteiger charge is 2.40. The van der Waals surface area contributed by atoms with Crippen LogP contribution in [0.3, 0.4) is 0 Å². The van der Waals surface area contributed by atoms with Gasteiger partial charge in [-0.25, -0.2) is 4.79 Å². The topological polar surface area (TPSA) is 175 Å². The van der Waals surface area contributed by atoms with Gasteiger partial charge in [0.05, 0.1) is 14.2 Å². The van der Waals surface area contributed by atoms with Crippen molar-refractivity contribution in [1.82, 2.24) is 20.0 Å². The van der Waals surface area contributed by atoms with Crippen molar-refractivity contribution in [3.63, 3.8) is 0 Å². The summed E-state index contributed by atoms with van der Waals surface area (Å²) in [5.74, 6) is -3.06. The maximum absolute atomic E-state index is 14.5. The number of aryl methyl sites for hydroxylation is 1. The minimum atomic E-state index is -1.22. The van der Waals surface area contributed by atoms with E-state index in [2.05, 4.69) is 5.32 Å². The molecule has 0 aliphatic rings. The van der Waals surface area contributed by atoms with E-state index in [1.54, 1.807) is 83.3 Å². The zero-order chi connectivity index (χ0) is 44.0. The van der Waals surface area contributed by atoms with Crippen LogP contribution < -0.4 is 10.1 Å². The van der Waals surface area contributed by atoms with Crippen LogP contribution in [-0.4, -0.2) is 127 Å². The van der Waals surface area contributed by atoms with Crippen LogP contribution >= 0.6 is 0 Å². The summed E-state index contributed by atoms with van der Waals surface area (Å²) in [7, 11) is 9.27. The van der Waals surface area contributed by atoms with Crippen molar-refractivity contribution in [1.29, 1.82) is 0 Å². The summed E-state index contributed by atoms with van der Waals surface area (Å²) in [5, 5.41) is 22.5. The van der Waals surface area contributed by atoms with Gasteiger partial charge in [0, 0.05) is 26.4 Å². The van der Waals surface area contributed by atoms with Crippen molar-refractivity contribution in [3.05, 3.63) is 89.5 Å². The Hall–Kier alpha value is -5.63. The largest absolute Gasteiger partial charge is 0.508 e. The normalized spacial score (nSPS) is 14.3. The smallest absolute Gasteiger partial charge is 0.328 e. The molecular formula is C45H62N4O10. The number of nitrogens with zero attached hydrogens (tertiary/aromatic N) is 3. The minimum absolute atomic E-state index is 0.0174. The maximum atomic E-state index is 14.5. The molecule has 3 amide bonds. The summed E-state index contributed by atoms with van der Waals surface area (Å²) >= 11 is 0. The van der Waals surface area contributed by atoms with Crippen molar-refractivity contribution < 1.29 is 48.4 Å². The van der Waals surface area contributed by atoms with Gasteiger partial charge < -0.3 is 39.5 Å². The number of likely N-dealkylation sites (N-methyl/N-ethyl adjacent to an activating group) is 3. The molecule has 3 aromatic rings. The van der Waals surface area contributed by atoms with Crippen LogP contribution in [0.4, 0.5) is 0 Å². The Balaban J connectivity index is 1.90. The monoisotopic (exact) mass is 818 g/mol. The molecule has 0 fully saturated rings. The summed E-state index contributed by atoms with van der Waals surface area (Å²) in [6.07, 6.45) is 0.193. The van der Waals surface area contributed by atoms with Crippen molar-refractivity contribution in [2.24, 2.45) is 11.8 Å². The van der Waals surface area contributed by atoms with Gasteiger partial charge in [-0.05, 0) is 98.8 Å². The first-order valence-electron chi connectivity index (χ1n) is 19.9. The number of nitrogens with one attached hydrogen (secondary N) is 1. The van der Waals surface area contributed by atoms with E-state index in [1.165, 1.54) is 55.3 Å². The molecule has 0 radical (unpaired) electrons. The third-order valence-corrected chi connectivity index (χ3v) is 10.8. The Morgan fingerprint density at radius 2 is 1.15 bits per heavy atom. The first-order chi connectivity index (χ1) is 27.9. The Bertz CT molecular complexity index is 1830. The highest BCUT2D eigenvalue weighted by atomic mass is 16.6. The van der Waals surface area contributed by atoms with Crippen LogP contribution in [0.2, 0.25) is 0 Å². The van der Waals surface area contributed by atoms with Crippen LogP contribution in [0.1, 0.15) is 57.2 Å². The lowest BCUT2D eigenvalue weighted by Crippen LogP contribution is -2.59.